The standard InChI is InChI=1S/C26H28F6N2O5S.2C26H28F6N2O2S/c1-17(18-10-20(25(27,28)29)12-21(11-18)26(30,31)32)38-16-24(19-6-4-3-5-7-19)9-8-23(15-39-40(2,36)37)14-34(24)13-22(35)33-23;2*1-17(18-10-20(25(27,28)29)12-21(11-18)26(30,31)32)36-15-24(19-6-4-3-5-7-19)9-8-23(16-37-2)14-34(24)13-22(35)33-23/h3-7,10-12,17H,8-9,13-16H2,1-2H3,(H,33,35);2*3-7,10-12,17H,8-9,13-16H2,1-2H3,(H,33,35)/t3*17-,23-,24-/m111/s1. The van der Waals surface area contributed by atoms with Crippen molar-refractivity contribution in [3.05, 3.63) is 212 Å². The number of piperidine rings is 3. The van der Waals surface area contributed by atoms with E-state index in [0.29, 0.717) is 81.6 Å². The summed E-state index contributed by atoms with van der Waals surface area (Å²) in [4.78, 5) is 44.0. The van der Waals surface area contributed by atoms with Crippen molar-refractivity contribution >= 4 is 51.4 Å². The number of thioether (sulfide) groups is 2. The number of carbonyl (C=O) groups is 3. The molecular weight excluding hydrogens is 1600 g/mol. The number of nitrogens with zero attached hydrogens (tertiary/aromatic N) is 3. The van der Waals surface area contributed by atoms with Gasteiger partial charge in [0.2, 0.25) is 17.7 Å². The number of benzene rings is 6. The molecule has 0 radical (unpaired) electrons. The van der Waals surface area contributed by atoms with Gasteiger partial charge in [0.05, 0.1) is 137 Å². The lowest BCUT2D eigenvalue weighted by Crippen LogP contribution is -2.73. The van der Waals surface area contributed by atoms with Gasteiger partial charge >= 0.3 is 37.1 Å². The lowest BCUT2D eigenvalue weighted by Gasteiger charge is -2.57. The summed E-state index contributed by atoms with van der Waals surface area (Å²) in [6, 6.07) is 32.1. The lowest BCUT2D eigenvalue weighted by molar-refractivity contribution is -0.146. The Labute approximate surface area is 655 Å². The highest BCUT2D eigenvalue weighted by atomic mass is 32.2. The van der Waals surface area contributed by atoms with E-state index in [1.165, 1.54) is 20.8 Å². The summed E-state index contributed by atoms with van der Waals surface area (Å²) in [6.07, 6.45) is -25.1. The van der Waals surface area contributed by atoms with Gasteiger partial charge in [-0.1, -0.05) is 91.0 Å². The number of nitrogens with one attached hydrogen (secondary N) is 3. The second-order valence-corrected chi connectivity index (χ2v) is 33.3. The number of ether oxygens (including phenoxy) is 3. The molecule has 114 heavy (non-hydrogen) atoms. The number of piperazine rings is 3. The van der Waals surface area contributed by atoms with Crippen LogP contribution < -0.4 is 16.0 Å². The molecule has 12 atom stereocenters. The molecule has 6 aliphatic rings. The van der Waals surface area contributed by atoms with Crippen LogP contribution in [-0.2, 0) is 96.6 Å². The van der Waals surface area contributed by atoms with Gasteiger partial charge in [-0.3, -0.25) is 33.3 Å². The fourth-order valence-electron chi connectivity index (χ4n) is 16.0. The van der Waals surface area contributed by atoms with Crippen molar-refractivity contribution in [2.24, 2.45) is 0 Å². The topological polar surface area (TPSA) is 168 Å². The lowest BCUT2D eigenvalue weighted by atomic mass is 9.73. The van der Waals surface area contributed by atoms with Crippen molar-refractivity contribution in [1.29, 1.82) is 0 Å². The second-order valence-electron chi connectivity index (χ2n) is 30.0. The minimum atomic E-state index is -5.00. The molecule has 0 aromatic heterocycles. The highest BCUT2D eigenvalue weighted by Crippen LogP contribution is 2.50. The zero-order chi connectivity index (χ0) is 83.7. The number of carbonyl (C=O) groups excluding carboxylic acids is 3. The third-order valence-electron chi connectivity index (χ3n) is 21.8. The number of halogens is 18. The summed E-state index contributed by atoms with van der Waals surface area (Å²) in [5, 5.41) is 9.09. The minimum Gasteiger partial charge on any atom is -0.372 e. The van der Waals surface area contributed by atoms with Gasteiger partial charge in [-0.15, -0.1) is 0 Å². The smallest absolute Gasteiger partial charge is 0.372 e. The molecule has 624 valence electrons. The van der Waals surface area contributed by atoms with Crippen LogP contribution in [0, 0.1) is 0 Å². The zero-order valence-corrected chi connectivity index (χ0v) is 64.8. The van der Waals surface area contributed by atoms with E-state index in [-0.39, 0.29) is 112 Å². The molecule has 6 bridgehead atoms. The number of alkyl halides is 18. The predicted molar refractivity (Wildman–Crippen MR) is 389 cm³/mol. The maximum atomic E-state index is 13.4. The van der Waals surface area contributed by atoms with Gasteiger partial charge < -0.3 is 30.2 Å². The van der Waals surface area contributed by atoms with Crippen LogP contribution in [0.1, 0.15) is 144 Å². The summed E-state index contributed by atoms with van der Waals surface area (Å²) in [7, 11) is -3.80. The first-order chi connectivity index (χ1) is 53.0. The quantitative estimate of drug-likeness (QED) is 0.0434. The molecule has 0 spiro atoms. The number of hydrogen-bond acceptors (Lipinski definition) is 14. The first-order valence-corrected chi connectivity index (χ1v) is 40.5. The second kappa shape index (κ2) is 34.0. The third kappa shape index (κ3) is 20.9. The summed E-state index contributed by atoms with van der Waals surface area (Å²) in [5.41, 5.74) is -10.9. The van der Waals surface area contributed by atoms with E-state index in [1.54, 1.807) is 58.8 Å². The molecule has 36 heteroatoms. The summed E-state index contributed by atoms with van der Waals surface area (Å²) < 4.78 is 287. The fourth-order valence-corrected chi connectivity index (χ4v) is 18.1. The molecule has 3 N–H and O–H groups in total. The van der Waals surface area contributed by atoms with Crippen molar-refractivity contribution in [1.82, 2.24) is 30.7 Å². The van der Waals surface area contributed by atoms with Crippen molar-refractivity contribution < 1.29 is 120 Å². The van der Waals surface area contributed by atoms with E-state index < -0.39 is 132 Å². The van der Waals surface area contributed by atoms with Gasteiger partial charge in [0.25, 0.3) is 10.1 Å². The maximum Gasteiger partial charge on any atom is 0.416 e. The summed E-state index contributed by atoms with van der Waals surface area (Å²) in [5.74, 6) is 0.815. The number of amides is 3. The molecule has 6 aliphatic heterocycles. The largest absolute Gasteiger partial charge is 0.416 e. The molecule has 3 unspecified atom stereocenters. The number of hydrogen-bond donors (Lipinski definition) is 3. The van der Waals surface area contributed by atoms with Gasteiger partial charge in [-0.25, -0.2) is 0 Å². The van der Waals surface area contributed by atoms with E-state index in [0.717, 1.165) is 34.5 Å². The summed E-state index contributed by atoms with van der Waals surface area (Å²) in [6.45, 7) is 5.25. The Bertz CT molecular complexity index is 4220. The van der Waals surface area contributed by atoms with Gasteiger partial charge in [-0.2, -0.15) is 111 Å². The molecule has 6 fully saturated rings. The number of fused-ring (bicyclic) bond motifs is 6. The molecule has 0 aliphatic carbocycles. The van der Waals surface area contributed by atoms with Crippen LogP contribution in [0.4, 0.5) is 79.0 Å². The van der Waals surface area contributed by atoms with E-state index >= 15 is 0 Å². The van der Waals surface area contributed by atoms with Crippen molar-refractivity contribution in [3.8, 4) is 0 Å². The predicted octanol–water partition coefficient (Wildman–Crippen LogP) is 16.7. The Hall–Kier alpha value is -7.16. The molecule has 6 saturated heterocycles. The van der Waals surface area contributed by atoms with E-state index in [1.807, 2.05) is 83.0 Å². The van der Waals surface area contributed by atoms with Crippen LogP contribution in [-0.4, -0.2) is 153 Å². The van der Waals surface area contributed by atoms with E-state index in [4.69, 9.17) is 18.4 Å². The monoisotopic (exact) mass is 1690 g/mol. The van der Waals surface area contributed by atoms with Gasteiger partial charge in [0.15, 0.2) is 0 Å². The molecule has 6 heterocycles. The average molecular weight is 1690 g/mol. The Morgan fingerprint density at radius 3 is 0.851 bits per heavy atom. The molecular formula is C78H84F18N6O9S3. The van der Waals surface area contributed by atoms with Crippen molar-refractivity contribution in [2.75, 3.05) is 96.0 Å². The third-order valence-corrected chi connectivity index (χ3v) is 24.1. The molecule has 15 nitrogen and oxygen atoms in total. The Morgan fingerprint density at radius 1 is 0.377 bits per heavy atom. The van der Waals surface area contributed by atoms with E-state index in [9.17, 15) is 102 Å². The SMILES string of the molecule is CSC[C@]12CC[C@@](CO[C@H](C)c3cc(C(F)(F)F)cc(C(F)(F)F)c3)(c3ccccc3)N(CC(=O)N1)C2.CSC[C@]12CC[C@@](CO[C@H](C)c3cc(C(F)(F)F)cc(C(F)(F)F)c3)(c3ccccc3)N(CC(=O)N1)C2.C[C@@H](OC[C@@]1(c2ccccc2)CC[C@]2(COS(C)(=O)=O)CN1CC(=O)N2)c1cc(C(F)(F)F)cc(C(F)(F)F)c1. The molecule has 3 amide bonds. The molecule has 12 rings (SSSR count). The first kappa shape index (κ1) is 89.2. The van der Waals surface area contributed by atoms with E-state index in [2.05, 4.69) is 16.0 Å². The maximum absolute atomic E-state index is 13.4. The Morgan fingerprint density at radius 2 is 0.614 bits per heavy atom. The van der Waals surface area contributed by atoms with Crippen LogP contribution in [0.5, 0.6) is 0 Å². The van der Waals surface area contributed by atoms with Crippen LogP contribution in [0.3, 0.4) is 0 Å². The highest BCUT2D eigenvalue weighted by molar-refractivity contribution is 7.98. The minimum absolute atomic E-state index is 0.00158. The average Bonchev–Trinajstić information content (AvgIpc) is 0.743. The van der Waals surface area contributed by atoms with Crippen molar-refractivity contribution in [2.45, 2.75) is 148 Å². The molecule has 6 aromatic carbocycles. The van der Waals surface area contributed by atoms with Crippen LogP contribution >= 0.6 is 23.5 Å². The van der Waals surface area contributed by atoms with Crippen LogP contribution in [0.15, 0.2) is 146 Å². The molecule has 0 saturated carbocycles. The van der Waals surface area contributed by atoms with Crippen LogP contribution in [0.25, 0.3) is 0 Å². The Kier molecular flexibility index (Phi) is 26.6. The zero-order valence-electron chi connectivity index (χ0n) is 62.4. The normalized spacial score (nSPS) is 26.8. The first-order valence-electron chi connectivity index (χ1n) is 35.9. The van der Waals surface area contributed by atoms with Gasteiger partial charge in [0.1, 0.15) is 0 Å². The highest BCUT2D eigenvalue weighted by Gasteiger charge is 2.57. The summed E-state index contributed by atoms with van der Waals surface area (Å²) >= 11 is 3.26. The molecule has 6 aromatic rings. The van der Waals surface area contributed by atoms with Crippen LogP contribution in [0.2, 0.25) is 0 Å². The Balaban J connectivity index is 0.000000181. The fraction of sp³-hybridized carbons (Fsp3) is 0.500. The van der Waals surface area contributed by atoms with Gasteiger partial charge in [-0.05, 0) is 160 Å². The number of rotatable bonds is 22. The van der Waals surface area contributed by atoms with Gasteiger partial charge in [0, 0.05) is 31.1 Å². The van der Waals surface area contributed by atoms with Crippen molar-refractivity contribution in [3.63, 3.8) is 0 Å².